The average Bonchev–Trinajstić information content (AvgIpc) is 2.54. The molecule has 1 unspecified atom stereocenters. The van der Waals surface area contributed by atoms with Crippen LogP contribution in [0.5, 0.6) is 0 Å². The SMILES string of the molecule is CCOC(=O)C(C)Cc1cccc(C=CC2=C(C)CCCC2(C)C)c1. The predicted molar refractivity (Wildman–Crippen MR) is 105 cm³/mol. The van der Waals surface area contributed by atoms with E-state index in [9.17, 15) is 4.79 Å². The summed E-state index contributed by atoms with van der Waals surface area (Å²) in [6, 6.07) is 8.46. The Balaban J connectivity index is 2.12. The van der Waals surface area contributed by atoms with Gasteiger partial charge in [0.05, 0.1) is 12.5 Å². The molecule has 0 aliphatic heterocycles. The van der Waals surface area contributed by atoms with E-state index >= 15 is 0 Å². The second-order valence-electron chi connectivity index (χ2n) is 7.87. The van der Waals surface area contributed by atoms with Crippen LogP contribution >= 0.6 is 0 Å². The van der Waals surface area contributed by atoms with Gasteiger partial charge in [0.15, 0.2) is 0 Å². The fourth-order valence-corrected chi connectivity index (χ4v) is 3.74. The Morgan fingerprint density at radius 2 is 2.08 bits per heavy atom. The van der Waals surface area contributed by atoms with Crippen LogP contribution in [0, 0.1) is 11.3 Å². The van der Waals surface area contributed by atoms with Crippen LogP contribution in [-0.2, 0) is 16.0 Å². The Hall–Kier alpha value is -1.83. The second kappa shape index (κ2) is 8.51. The third kappa shape index (κ3) is 5.32. The van der Waals surface area contributed by atoms with Gasteiger partial charge in [-0.15, -0.1) is 0 Å². The highest BCUT2D eigenvalue weighted by Crippen LogP contribution is 2.40. The average molecular weight is 341 g/mol. The normalized spacial score (nSPS) is 18.4. The van der Waals surface area contributed by atoms with E-state index < -0.39 is 0 Å². The minimum atomic E-state index is -0.117. The standard InChI is InChI=1S/C23H32O2/c1-6-25-22(24)18(3)15-20-11-7-10-19(16-20)12-13-21-17(2)9-8-14-23(21,4)5/h7,10-13,16,18H,6,8-9,14-15H2,1-5H3. The lowest BCUT2D eigenvalue weighted by atomic mass is 9.72. The van der Waals surface area contributed by atoms with E-state index in [-0.39, 0.29) is 17.3 Å². The van der Waals surface area contributed by atoms with Crippen LogP contribution in [0.4, 0.5) is 0 Å². The van der Waals surface area contributed by atoms with Crippen LogP contribution in [0.2, 0.25) is 0 Å². The van der Waals surface area contributed by atoms with E-state index in [1.807, 2.05) is 13.8 Å². The Labute approximate surface area is 153 Å². The van der Waals surface area contributed by atoms with Gasteiger partial charge in [-0.3, -0.25) is 4.79 Å². The molecule has 0 bridgehead atoms. The summed E-state index contributed by atoms with van der Waals surface area (Å²) in [5.41, 5.74) is 5.62. The molecule has 136 valence electrons. The summed E-state index contributed by atoms with van der Waals surface area (Å²) in [5.74, 6) is -0.227. The largest absolute Gasteiger partial charge is 0.466 e. The highest BCUT2D eigenvalue weighted by molar-refractivity contribution is 5.72. The first-order valence-corrected chi connectivity index (χ1v) is 9.47. The van der Waals surface area contributed by atoms with Gasteiger partial charge in [-0.25, -0.2) is 0 Å². The number of carbonyl (C=O) groups is 1. The molecule has 0 aromatic heterocycles. The van der Waals surface area contributed by atoms with Crippen molar-refractivity contribution in [3.8, 4) is 0 Å². The van der Waals surface area contributed by atoms with E-state index in [1.54, 1.807) is 0 Å². The summed E-state index contributed by atoms with van der Waals surface area (Å²) in [7, 11) is 0. The molecule has 2 rings (SSSR count). The van der Waals surface area contributed by atoms with Crippen molar-refractivity contribution in [2.75, 3.05) is 6.61 Å². The van der Waals surface area contributed by atoms with E-state index in [4.69, 9.17) is 4.74 Å². The zero-order valence-electron chi connectivity index (χ0n) is 16.4. The molecule has 0 fully saturated rings. The molecule has 1 aliphatic carbocycles. The van der Waals surface area contributed by atoms with Gasteiger partial charge in [-0.1, -0.05) is 62.8 Å². The number of hydrogen-bond acceptors (Lipinski definition) is 2. The van der Waals surface area contributed by atoms with Crippen molar-refractivity contribution in [2.45, 2.75) is 60.3 Å². The number of carbonyl (C=O) groups excluding carboxylic acids is 1. The molecule has 1 aromatic carbocycles. The van der Waals surface area contributed by atoms with Gasteiger partial charge in [0.25, 0.3) is 0 Å². The molecule has 2 heteroatoms. The number of allylic oxidation sites excluding steroid dienone is 3. The van der Waals surface area contributed by atoms with E-state index in [0.717, 1.165) is 0 Å². The summed E-state index contributed by atoms with van der Waals surface area (Å²) in [4.78, 5) is 11.8. The van der Waals surface area contributed by atoms with Crippen molar-refractivity contribution >= 4 is 12.0 Å². The lowest BCUT2D eigenvalue weighted by Crippen LogP contribution is -2.18. The fourth-order valence-electron chi connectivity index (χ4n) is 3.74. The maximum Gasteiger partial charge on any atom is 0.308 e. The molecule has 25 heavy (non-hydrogen) atoms. The molecule has 1 aliphatic rings. The van der Waals surface area contributed by atoms with Crippen LogP contribution < -0.4 is 0 Å². The summed E-state index contributed by atoms with van der Waals surface area (Å²) < 4.78 is 5.11. The molecular weight excluding hydrogens is 308 g/mol. The molecule has 1 aromatic rings. The topological polar surface area (TPSA) is 26.3 Å². The molecule has 0 amide bonds. The molecule has 0 saturated carbocycles. The minimum Gasteiger partial charge on any atom is -0.466 e. The molecule has 0 spiro atoms. The first kappa shape index (κ1) is 19.5. The molecule has 2 nitrogen and oxygen atoms in total. The van der Waals surface area contributed by atoms with Gasteiger partial charge in [0, 0.05) is 0 Å². The molecule has 0 radical (unpaired) electrons. The maximum atomic E-state index is 11.8. The quantitative estimate of drug-likeness (QED) is 0.596. The molecule has 1 atom stereocenters. The van der Waals surface area contributed by atoms with Gasteiger partial charge in [-0.2, -0.15) is 0 Å². The number of ether oxygens (including phenoxy) is 1. The Bertz CT molecular complexity index is 664. The number of benzene rings is 1. The minimum absolute atomic E-state index is 0.110. The van der Waals surface area contributed by atoms with Gasteiger partial charge in [0.1, 0.15) is 0 Å². The highest BCUT2D eigenvalue weighted by Gasteiger charge is 2.26. The summed E-state index contributed by atoms with van der Waals surface area (Å²) >= 11 is 0. The van der Waals surface area contributed by atoms with Crippen molar-refractivity contribution in [2.24, 2.45) is 11.3 Å². The molecule has 0 N–H and O–H groups in total. The monoisotopic (exact) mass is 340 g/mol. The van der Waals surface area contributed by atoms with Crippen molar-refractivity contribution in [1.29, 1.82) is 0 Å². The lowest BCUT2D eigenvalue weighted by Gasteiger charge is -2.32. The van der Waals surface area contributed by atoms with Gasteiger partial charge in [-0.05, 0) is 61.6 Å². The first-order valence-electron chi connectivity index (χ1n) is 9.47. The van der Waals surface area contributed by atoms with Crippen LogP contribution in [0.1, 0.15) is 65.0 Å². The van der Waals surface area contributed by atoms with Crippen molar-refractivity contribution in [1.82, 2.24) is 0 Å². The van der Waals surface area contributed by atoms with E-state index in [2.05, 4.69) is 57.2 Å². The van der Waals surface area contributed by atoms with Gasteiger partial charge >= 0.3 is 5.97 Å². The van der Waals surface area contributed by atoms with Gasteiger partial charge < -0.3 is 4.74 Å². The van der Waals surface area contributed by atoms with Crippen LogP contribution in [0.15, 0.2) is 41.5 Å². The summed E-state index contributed by atoms with van der Waals surface area (Å²) in [6.45, 7) is 11.2. The highest BCUT2D eigenvalue weighted by atomic mass is 16.5. The summed E-state index contributed by atoms with van der Waals surface area (Å²) in [6.07, 6.45) is 8.97. The number of rotatable bonds is 6. The van der Waals surface area contributed by atoms with Gasteiger partial charge in [0.2, 0.25) is 0 Å². The van der Waals surface area contributed by atoms with Crippen molar-refractivity contribution in [3.05, 3.63) is 52.6 Å². The van der Waals surface area contributed by atoms with Crippen LogP contribution in [-0.4, -0.2) is 12.6 Å². The van der Waals surface area contributed by atoms with Crippen LogP contribution in [0.3, 0.4) is 0 Å². The zero-order chi connectivity index (χ0) is 18.4. The van der Waals surface area contributed by atoms with Crippen LogP contribution in [0.25, 0.3) is 6.08 Å². The third-order valence-corrected chi connectivity index (χ3v) is 5.17. The maximum absolute atomic E-state index is 11.8. The fraction of sp³-hybridized carbons (Fsp3) is 0.522. The first-order chi connectivity index (χ1) is 11.8. The lowest BCUT2D eigenvalue weighted by molar-refractivity contribution is -0.147. The van der Waals surface area contributed by atoms with E-state index in [0.29, 0.717) is 13.0 Å². The zero-order valence-corrected chi connectivity index (χ0v) is 16.4. The number of esters is 1. The third-order valence-electron chi connectivity index (χ3n) is 5.17. The van der Waals surface area contributed by atoms with Crippen molar-refractivity contribution in [3.63, 3.8) is 0 Å². The van der Waals surface area contributed by atoms with Crippen molar-refractivity contribution < 1.29 is 9.53 Å². The Morgan fingerprint density at radius 1 is 1.32 bits per heavy atom. The number of hydrogen-bond donors (Lipinski definition) is 0. The molecule has 0 saturated heterocycles. The molecular formula is C23H32O2. The predicted octanol–water partition coefficient (Wildman–Crippen LogP) is 5.97. The Kier molecular flexibility index (Phi) is 6.64. The summed E-state index contributed by atoms with van der Waals surface area (Å²) in [5, 5.41) is 0. The Morgan fingerprint density at radius 3 is 2.76 bits per heavy atom. The second-order valence-corrected chi connectivity index (χ2v) is 7.87. The van der Waals surface area contributed by atoms with E-state index in [1.165, 1.54) is 41.5 Å². The smallest absolute Gasteiger partial charge is 0.308 e. The molecule has 0 heterocycles.